The number of amides is 1. The summed E-state index contributed by atoms with van der Waals surface area (Å²) in [6, 6.07) is 22.3. The molecule has 7 rings (SSSR count). The third-order valence-electron chi connectivity index (χ3n) is 14.5. The Labute approximate surface area is 403 Å². The molecule has 2 saturated carbocycles. The van der Waals surface area contributed by atoms with Crippen molar-refractivity contribution in [3.63, 3.8) is 0 Å². The molecule has 4 N–H and O–H groups in total. The van der Waals surface area contributed by atoms with Crippen LogP contribution in [0.2, 0.25) is 0 Å². The summed E-state index contributed by atoms with van der Waals surface area (Å²) >= 11 is 0. The van der Waals surface area contributed by atoms with Gasteiger partial charge in [-0.3, -0.25) is 28.8 Å². The van der Waals surface area contributed by atoms with Crippen LogP contribution >= 0.6 is 0 Å². The summed E-state index contributed by atoms with van der Waals surface area (Å²) in [5.74, 6) is -9.41. The third-order valence-corrected chi connectivity index (χ3v) is 14.5. The van der Waals surface area contributed by atoms with E-state index < -0.39 is 137 Å². The monoisotopic (exact) mass is 967 g/mol. The summed E-state index contributed by atoms with van der Waals surface area (Å²) in [6.07, 6.45) is -12.0. The SMILES string of the molecule is CC(=O)O[C@H]1C(=O)[C@@]2(C)C([C@H](OC(=O)c3ccccc3)C3(O)C[C@H](OC(=O)[C@H](OC(=O)CCCC(=O)O)[C@@H](NC(=O)c4ccccc4)c4ccccc4)C(C)=C1C3(C)C)[C@]1(OC(C)=O)CO[C@@H]1C[C@@H]2O. The molecule has 18 nitrogen and oxygen atoms in total. The Morgan fingerprint density at radius 2 is 1.41 bits per heavy atom. The Hall–Kier alpha value is -6.76. The first-order chi connectivity index (χ1) is 33.1. The first-order valence-corrected chi connectivity index (χ1v) is 23.0. The van der Waals surface area contributed by atoms with Crippen LogP contribution in [0.15, 0.2) is 102 Å². The van der Waals surface area contributed by atoms with Crippen LogP contribution < -0.4 is 5.32 Å². The van der Waals surface area contributed by atoms with Gasteiger partial charge in [0.1, 0.15) is 30.0 Å². The van der Waals surface area contributed by atoms with Crippen molar-refractivity contribution in [2.24, 2.45) is 16.7 Å². The number of ketones is 1. The number of carboxylic acids is 1. The fourth-order valence-electron chi connectivity index (χ4n) is 10.9. The first-order valence-electron chi connectivity index (χ1n) is 23.0. The Bertz CT molecular complexity index is 2560. The number of hydrogen-bond acceptors (Lipinski definition) is 16. The zero-order valence-corrected chi connectivity index (χ0v) is 39.6. The number of fused-ring (bicyclic) bond motifs is 5. The van der Waals surface area contributed by atoms with Crippen molar-refractivity contribution in [3.8, 4) is 0 Å². The Balaban J connectivity index is 1.41. The van der Waals surface area contributed by atoms with E-state index in [1.54, 1.807) is 66.7 Å². The summed E-state index contributed by atoms with van der Waals surface area (Å²) < 4.78 is 36.5. The number of hydrogen-bond donors (Lipinski definition) is 4. The summed E-state index contributed by atoms with van der Waals surface area (Å²) in [7, 11) is 0. The lowest BCUT2D eigenvalue weighted by Crippen LogP contribution is -2.82. The molecule has 3 aromatic rings. The van der Waals surface area contributed by atoms with E-state index in [0.29, 0.717) is 0 Å². The average molecular weight is 968 g/mol. The van der Waals surface area contributed by atoms with E-state index in [0.717, 1.165) is 13.8 Å². The smallest absolute Gasteiger partial charge is 0.350 e. The minimum absolute atomic E-state index is 0.0272. The maximum atomic E-state index is 15.7. The highest BCUT2D eigenvalue weighted by molar-refractivity contribution is 5.96. The standard InChI is InChI=1S/C52H57NO17/c1-28-34(67-48(63)42(68-38(59)24-16-23-37(57)58)40(31-17-10-7-11-18-31)53-46(61)32-19-12-8-13-20-32)26-52(64)45(69-47(62)33-21-14-9-15-22-33)43-50(6,35(56)25-36-51(43,27-65-36)70-30(3)55)44(60)41(66-29(2)54)39(28)49(52,4)5/h7-15,17-22,34-36,40-43,45,56,64H,16,23-27H2,1-6H3,(H,53,61)(H,57,58)/t34-,35-,36+,40-,41+,42+,43?,45-,50+,51-,52?/m0/s1. The predicted molar refractivity (Wildman–Crippen MR) is 243 cm³/mol. The number of aliphatic carboxylic acids is 1. The van der Waals surface area contributed by atoms with Gasteiger partial charge in [0.2, 0.25) is 6.10 Å². The number of aliphatic hydroxyl groups excluding tert-OH is 1. The largest absolute Gasteiger partial charge is 0.481 e. The van der Waals surface area contributed by atoms with Gasteiger partial charge >= 0.3 is 35.8 Å². The average Bonchev–Trinajstić information content (AvgIpc) is 3.31. The van der Waals surface area contributed by atoms with Gasteiger partial charge in [-0.25, -0.2) is 9.59 Å². The lowest BCUT2D eigenvalue weighted by atomic mass is 9.44. The van der Waals surface area contributed by atoms with E-state index in [1.807, 2.05) is 0 Å². The second-order valence-electron chi connectivity index (χ2n) is 19.1. The van der Waals surface area contributed by atoms with Crippen LogP contribution in [-0.4, -0.2) is 117 Å². The van der Waals surface area contributed by atoms with E-state index in [4.69, 9.17) is 28.4 Å². The number of carbonyl (C=O) groups is 8. The molecule has 2 bridgehead atoms. The van der Waals surface area contributed by atoms with Gasteiger partial charge in [0.15, 0.2) is 17.5 Å². The molecule has 1 aliphatic heterocycles. The van der Waals surface area contributed by atoms with E-state index in [-0.39, 0.29) is 47.3 Å². The van der Waals surface area contributed by atoms with Crippen molar-refractivity contribution >= 4 is 47.5 Å². The van der Waals surface area contributed by atoms with Crippen molar-refractivity contribution in [2.75, 3.05) is 6.61 Å². The number of carboxylic acid groups (broad SMARTS) is 1. The van der Waals surface area contributed by atoms with E-state index in [1.165, 1.54) is 52.0 Å². The van der Waals surface area contributed by atoms with Crippen LogP contribution in [0.4, 0.5) is 0 Å². The van der Waals surface area contributed by atoms with Crippen molar-refractivity contribution in [1.82, 2.24) is 5.32 Å². The van der Waals surface area contributed by atoms with Crippen LogP contribution in [0.5, 0.6) is 0 Å². The molecule has 18 heteroatoms. The van der Waals surface area contributed by atoms with Crippen molar-refractivity contribution in [2.45, 2.75) is 128 Å². The molecule has 1 amide bonds. The Kier molecular flexibility index (Phi) is 14.5. The van der Waals surface area contributed by atoms with Crippen LogP contribution in [0.1, 0.15) is 106 Å². The first kappa shape index (κ1) is 51.1. The van der Waals surface area contributed by atoms with Gasteiger partial charge in [0.05, 0.1) is 29.6 Å². The quantitative estimate of drug-likeness (QED) is 0.0925. The maximum absolute atomic E-state index is 15.7. The maximum Gasteiger partial charge on any atom is 0.350 e. The summed E-state index contributed by atoms with van der Waals surface area (Å²) in [5, 5.41) is 38.1. The zero-order chi connectivity index (χ0) is 50.9. The second kappa shape index (κ2) is 19.9. The topological polar surface area (TPSA) is 265 Å². The molecule has 1 heterocycles. The number of Topliss-reactive ketones (excluding diaryl/α,β-unsaturated/α-hetero) is 1. The zero-order valence-electron chi connectivity index (χ0n) is 39.6. The molecule has 372 valence electrons. The number of benzene rings is 3. The van der Waals surface area contributed by atoms with Crippen LogP contribution in [0.3, 0.4) is 0 Å². The minimum atomic E-state index is -2.49. The highest BCUT2D eigenvalue weighted by Crippen LogP contribution is 2.64. The molecule has 3 fully saturated rings. The van der Waals surface area contributed by atoms with Crippen LogP contribution in [0, 0.1) is 16.7 Å². The number of aliphatic hydroxyl groups is 2. The molecule has 11 atom stereocenters. The van der Waals surface area contributed by atoms with Gasteiger partial charge in [-0.15, -0.1) is 0 Å². The van der Waals surface area contributed by atoms with Crippen molar-refractivity contribution < 1.29 is 82.1 Å². The molecule has 70 heavy (non-hydrogen) atoms. The lowest BCUT2D eigenvalue weighted by molar-refractivity contribution is -0.346. The molecule has 1 saturated heterocycles. The van der Waals surface area contributed by atoms with Crippen LogP contribution in [0.25, 0.3) is 0 Å². The summed E-state index contributed by atoms with van der Waals surface area (Å²) in [4.78, 5) is 110. The highest BCUT2D eigenvalue weighted by Gasteiger charge is 2.78. The fraction of sp³-hybridized carbons (Fsp3) is 0.462. The molecule has 2 unspecified atom stereocenters. The van der Waals surface area contributed by atoms with Gasteiger partial charge in [-0.2, -0.15) is 0 Å². The molecular weight excluding hydrogens is 911 g/mol. The van der Waals surface area contributed by atoms with E-state index >= 15 is 9.59 Å². The minimum Gasteiger partial charge on any atom is -0.481 e. The van der Waals surface area contributed by atoms with Crippen LogP contribution in [-0.2, 0) is 57.2 Å². The third kappa shape index (κ3) is 9.34. The van der Waals surface area contributed by atoms with E-state index in [9.17, 15) is 44.1 Å². The normalized spacial score (nSPS) is 29.4. The number of rotatable bonds is 15. The number of carbonyl (C=O) groups excluding carboxylic acids is 7. The fourth-order valence-corrected chi connectivity index (χ4v) is 10.9. The van der Waals surface area contributed by atoms with Crippen molar-refractivity contribution in [3.05, 3.63) is 119 Å². The molecule has 0 radical (unpaired) electrons. The number of esters is 5. The highest BCUT2D eigenvalue weighted by atomic mass is 16.6. The number of ether oxygens (including phenoxy) is 6. The van der Waals surface area contributed by atoms with E-state index in [2.05, 4.69) is 5.32 Å². The Morgan fingerprint density at radius 3 is 1.97 bits per heavy atom. The van der Waals surface area contributed by atoms with Gasteiger partial charge in [0, 0.05) is 50.5 Å². The summed E-state index contributed by atoms with van der Waals surface area (Å²) in [6.45, 7) is 7.73. The van der Waals surface area contributed by atoms with Gasteiger partial charge in [0.25, 0.3) is 5.91 Å². The molecule has 4 aliphatic rings. The molecule has 3 aliphatic carbocycles. The van der Waals surface area contributed by atoms with Gasteiger partial charge in [-0.1, -0.05) is 80.6 Å². The lowest BCUT2D eigenvalue weighted by Gasteiger charge is -2.67. The predicted octanol–water partition coefficient (Wildman–Crippen LogP) is 4.54. The molecule has 3 aromatic carbocycles. The number of nitrogens with one attached hydrogen (secondary N) is 1. The van der Waals surface area contributed by atoms with Gasteiger partial charge < -0.3 is 49.1 Å². The molecule has 0 aromatic heterocycles. The molecule has 0 spiro atoms. The molecular formula is C52H57NO17. The van der Waals surface area contributed by atoms with Gasteiger partial charge in [-0.05, 0) is 61.2 Å². The Morgan fingerprint density at radius 1 is 0.814 bits per heavy atom. The van der Waals surface area contributed by atoms with Crippen molar-refractivity contribution in [1.29, 1.82) is 0 Å². The second-order valence-corrected chi connectivity index (χ2v) is 19.1. The summed E-state index contributed by atoms with van der Waals surface area (Å²) in [5.41, 5.74) is -7.67.